The number of thioether (sulfide) groups is 1. The Balaban J connectivity index is 0.000000454. The summed E-state index contributed by atoms with van der Waals surface area (Å²) in [5.74, 6) is -4.56. The molecule has 3 atom stereocenters. The van der Waals surface area contributed by atoms with E-state index in [0.29, 0.717) is 21.8 Å². The number of alkyl halides is 3. The minimum absolute atomic E-state index is 0.0505. The number of hydrogen-bond acceptors (Lipinski definition) is 9. The van der Waals surface area contributed by atoms with Crippen molar-refractivity contribution in [3.05, 3.63) is 52.1 Å². The molecule has 1 fully saturated rings. The van der Waals surface area contributed by atoms with Crippen LogP contribution in [0.3, 0.4) is 0 Å². The molecule has 0 spiro atoms. The van der Waals surface area contributed by atoms with E-state index in [0.717, 1.165) is 0 Å². The zero-order valence-electron chi connectivity index (χ0n) is 17.8. The highest BCUT2D eigenvalue weighted by atomic mass is 32.2. The number of hydrogen-bond donors (Lipinski definition) is 5. The van der Waals surface area contributed by atoms with E-state index in [9.17, 15) is 37.8 Å². The fraction of sp³-hybridized carbons (Fsp3) is 0.250. The molecule has 1 aromatic heterocycles. The van der Waals surface area contributed by atoms with Crippen LogP contribution in [0.2, 0.25) is 0 Å². The fourth-order valence-corrected chi connectivity index (χ4v) is 5.37. The third-order valence-corrected chi connectivity index (χ3v) is 7.09. The Hall–Kier alpha value is -3.63. The van der Waals surface area contributed by atoms with Crippen molar-refractivity contribution in [2.45, 2.75) is 23.6 Å². The molecule has 0 aliphatic carbocycles. The number of phenolic OH excluding ortho intramolecular Hbond substituents is 1. The second kappa shape index (κ2) is 10.5. The monoisotopic (exact) mass is 546 g/mol. The number of phenols is 1. The maximum atomic E-state index is 12.7. The van der Waals surface area contributed by atoms with Crippen molar-refractivity contribution in [1.29, 1.82) is 0 Å². The van der Waals surface area contributed by atoms with Crippen molar-refractivity contribution in [3.8, 4) is 5.75 Å². The van der Waals surface area contributed by atoms with E-state index in [-0.39, 0.29) is 11.4 Å². The maximum absolute atomic E-state index is 12.7. The molecule has 0 radical (unpaired) electrons. The normalized spacial score (nSPS) is 19.9. The summed E-state index contributed by atoms with van der Waals surface area (Å²) < 4.78 is 31.7. The summed E-state index contributed by atoms with van der Waals surface area (Å²) in [5.41, 5.74) is 8.51. The molecular weight excluding hydrogens is 529 g/mol. The summed E-state index contributed by atoms with van der Waals surface area (Å²) >= 11 is 2.68. The van der Waals surface area contributed by atoms with Crippen LogP contribution in [0, 0.1) is 0 Å². The predicted molar refractivity (Wildman–Crippen MR) is 120 cm³/mol. The van der Waals surface area contributed by atoms with Gasteiger partial charge in [0.25, 0.3) is 5.91 Å². The molecule has 0 saturated carbocycles. The van der Waals surface area contributed by atoms with E-state index in [1.54, 1.807) is 11.7 Å². The molecular formula is C20H17F3N4O7S2. The summed E-state index contributed by atoms with van der Waals surface area (Å²) in [6.07, 6.45) is -3.51. The number of carbonyl (C=O) groups is 4. The van der Waals surface area contributed by atoms with Gasteiger partial charge >= 0.3 is 18.1 Å². The van der Waals surface area contributed by atoms with Gasteiger partial charge in [-0.05, 0) is 17.7 Å². The molecule has 36 heavy (non-hydrogen) atoms. The highest BCUT2D eigenvalue weighted by Crippen LogP contribution is 2.44. The number of carbonyl (C=O) groups excluding carboxylic acids is 2. The Kier molecular flexibility index (Phi) is 7.90. The summed E-state index contributed by atoms with van der Waals surface area (Å²) in [4.78, 5) is 51.8. The van der Waals surface area contributed by atoms with E-state index >= 15 is 0 Å². The number of benzene rings is 1. The van der Waals surface area contributed by atoms with Crippen LogP contribution in [-0.2, 0) is 19.2 Å². The topological polar surface area (TPSA) is 183 Å². The van der Waals surface area contributed by atoms with Crippen LogP contribution in [0.5, 0.6) is 5.75 Å². The molecule has 192 valence electrons. The molecule has 0 bridgehead atoms. The first-order valence-corrected chi connectivity index (χ1v) is 11.7. The molecule has 1 aromatic carbocycles. The molecule has 16 heteroatoms. The van der Waals surface area contributed by atoms with E-state index < -0.39 is 47.4 Å². The number of fused-ring (bicyclic) bond motifs is 1. The molecule has 11 nitrogen and oxygen atoms in total. The van der Waals surface area contributed by atoms with Crippen LogP contribution in [0.4, 0.5) is 13.2 Å². The Morgan fingerprint density at radius 3 is 2.31 bits per heavy atom. The van der Waals surface area contributed by atoms with Gasteiger partial charge < -0.3 is 26.4 Å². The van der Waals surface area contributed by atoms with Crippen LogP contribution >= 0.6 is 23.1 Å². The first-order chi connectivity index (χ1) is 16.8. The van der Waals surface area contributed by atoms with Gasteiger partial charge in [0.05, 0.1) is 10.4 Å². The number of amides is 2. The number of thiazole rings is 1. The van der Waals surface area contributed by atoms with Gasteiger partial charge in [0, 0.05) is 17.5 Å². The lowest BCUT2D eigenvalue weighted by Gasteiger charge is -2.49. The quantitative estimate of drug-likeness (QED) is 0.343. The lowest BCUT2D eigenvalue weighted by Crippen LogP contribution is -2.70. The van der Waals surface area contributed by atoms with Gasteiger partial charge in [-0.3, -0.25) is 19.5 Å². The number of halogens is 3. The number of nitrogens with two attached hydrogens (primary N) is 1. The third kappa shape index (κ3) is 5.60. The van der Waals surface area contributed by atoms with Crippen LogP contribution in [0.15, 0.2) is 41.7 Å². The standard InChI is InChI=1S/C18H16N4O5S2.C2HF3O2/c19-12(8-1-3-9(23)4-2-8)15(24)21-13-16(25)22-14(18(26)27)10(6-28-17(13)22)11-5-20-7-29-11;3-2(4,5)1(6)7/h1-5,7,12-13,17,23H,6,19H2,(H,21,24)(H,26,27);(H,6,7). The maximum Gasteiger partial charge on any atom is 0.490 e. The van der Waals surface area contributed by atoms with Crippen LogP contribution in [0.25, 0.3) is 5.57 Å². The Morgan fingerprint density at radius 2 is 1.81 bits per heavy atom. The van der Waals surface area contributed by atoms with Gasteiger partial charge in [0.1, 0.15) is 28.9 Å². The number of aromatic nitrogens is 1. The van der Waals surface area contributed by atoms with Gasteiger partial charge in [-0.1, -0.05) is 12.1 Å². The molecule has 4 rings (SSSR count). The van der Waals surface area contributed by atoms with E-state index in [1.807, 2.05) is 0 Å². The SMILES string of the molecule is NC(C(=O)NC1C(=O)N2C(C(=O)O)=C(c3cncs3)CSC12)c1ccc(O)cc1.O=C(O)C(F)(F)F. The molecule has 2 aromatic rings. The summed E-state index contributed by atoms with van der Waals surface area (Å²) in [6, 6.07) is 4.01. The van der Waals surface area contributed by atoms with Crippen molar-refractivity contribution in [2.24, 2.45) is 5.73 Å². The number of aliphatic carboxylic acids is 2. The number of β-lactam (4-membered cyclic amide) rings is 1. The minimum atomic E-state index is -5.08. The summed E-state index contributed by atoms with van der Waals surface area (Å²) in [7, 11) is 0. The van der Waals surface area contributed by atoms with Crippen molar-refractivity contribution in [2.75, 3.05) is 5.75 Å². The second-order valence-electron chi connectivity index (χ2n) is 7.27. The Labute approximate surface area is 208 Å². The molecule has 2 amide bonds. The summed E-state index contributed by atoms with van der Waals surface area (Å²) in [6.45, 7) is 0. The zero-order chi connectivity index (χ0) is 26.8. The molecule has 2 aliphatic rings. The number of rotatable bonds is 5. The predicted octanol–water partition coefficient (Wildman–Crippen LogP) is 1.38. The highest BCUT2D eigenvalue weighted by molar-refractivity contribution is 8.00. The fourth-order valence-electron chi connectivity index (χ4n) is 3.25. The van der Waals surface area contributed by atoms with Crippen LogP contribution in [0.1, 0.15) is 16.5 Å². The number of carboxylic acids is 2. The average Bonchev–Trinajstić information content (AvgIpc) is 3.35. The third-order valence-electron chi connectivity index (χ3n) is 4.98. The largest absolute Gasteiger partial charge is 0.508 e. The van der Waals surface area contributed by atoms with E-state index in [2.05, 4.69) is 10.3 Å². The zero-order valence-corrected chi connectivity index (χ0v) is 19.4. The number of nitrogens with one attached hydrogen (secondary N) is 1. The van der Waals surface area contributed by atoms with Gasteiger partial charge in [0.15, 0.2) is 0 Å². The van der Waals surface area contributed by atoms with Gasteiger partial charge in [0.2, 0.25) is 5.91 Å². The lowest BCUT2D eigenvalue weighted by atomic mass is 10.0. The Bertz CT molecular complexity index is 1200. The van der Waals surface area contributed by atoms with Gasteiger partial charge in [-0.25, -0.2) is 9.59 Å². The van der Waals surface area contributed by atoms with Crippen molar-refractivity contribution in [1.82, 2.24) is 15.2 Å². The lowest BCUT2D eigenvalue weighted by molar-refractivity contribution is -0.192. The molecule has 6 N–H and O–H groups in total. The van der Waals surface area contributed by atoms with Gasteiger partial charge in [-0.2, -0.15) is 13.2 Å². The van der Waals surface area contributed by atoms with E-state index in [1.165, 1.54) is 52.3 Å². The summed E-state index contributed by atoms with van der Waals surface area (Å²) in [5, 5.41) is 28.2. The van der Waals surface area contributed by atoms with Crippen molar-refractivity contribution < 1.29 is 47.7 Å². The molecule has 3 unspecified atom stereocenters. The van der Waals surface area contributed by atoms with Gasteiger partial charge in [-0.15, -0.1) is 23.1 Å². The van der Waals surface area contributed by atoms with Crippen LogP contribution < -0.4 is 11.1 Å². The average molecular weight is 547 g/mol. The first kappa shape index (κ1) is 27.0. The first-order valence-electron chi connectivity index (χ1n) is 9.78. The van der Waals surface area contributed by atoms with E-state index in [4.69, 9.17) is 15.6 Å². The smallest absolute Gasteiger partial charge is 0.490 e. The molecule has 2 aliphatic heterocycles. The number of aromatic hydroxyl groups is 1. The second-order valence-corrected chi connectivity index (χ2v) is 9.26. The highest BCUT2D eigenvalue weighted by Gasteiger charge is 2.54. The number of nitrogens with zero attached hydrogens (tertiary/aromatic N) is 2. The van der Waals surface area contributed by atoms with Crippen molar-refractivity contribution >= 4 is 52.4 Å². The molecule has 3 heterocycles. The minimum Gasteiger partial charge on any atom is -0.508 e. The Morgan fingerprint density at radius 1 is 1.19 bits per heavy atom. The number of carboxylic acid groups (broad SMARTS) is 2. The van der Waals surface area contributed by atoms with Crippen LogP contribution in [-0.4, -0.2) is 72.3 Å². The van der Waals surface area contributed by atoms with Crippen molar-refractivity contribution in [3.63, 3.8) is 0 Å². The molecule has 1 saturated heterocycles.